The molecule has 8 heteroatoms. The Bertz CT molecular complexity index is 1020. The van der Waals surface area contributed by atoms with Gasteiger partial charge in [0, 0.05) is 50.3 Å². The van der Waals surface area contributed by atoms with Crippen molar-refractivity contribution < 1.29 is 9.53 Å². The molecule has 3 aromatic heterocycles. The van der Waals surface area contributed by atoms with Gasteiger partial charge in [-0.25, -0.2) is 4.98 Å². The third-order valence-electron chi connectivity index (χ3n) is 6.17. The number of hydrogen-bond acceptors (Lipinski definition) is 6. The van der Waals surface area contributed by atoms with Crippen LogP contribution >= 0.6 is 11.3 Å². The highest BCUT2D eigenvalue weighted by Crippen LogP contribution is 2.31. The zero-order valence-corrected chi connectivity index (χ0v) is 19.7. The van der Waals surface area contributed by atoms with Crippen LogP contribution in [0.2, 0.25) is 0 Å². The number of methoxy groups -OCH3 is 1. The van der Waals surface area contributed by atoms with Gasteiger partial charge in [-0.1, -0.05) is 19.3 Å². The first kappa shape index (κ1) is 22.6. The van der Waals surface area contributed by atoms with Gasteiger partial charge >= 0.3 is 0 Å². The van der Waals surface area contributed by atoms with E-state index in [-0.39, 0.29) is 5.91 Å². The van der Waals surface area contributed by atoms with E-state index in [0.717, 1.165) is 52.9 Å². The molecule has 1 aliphatic carbocycles. The van der Waals surface area contributed by atoms with Crippen LogP contribution in [0.1, 0.15) is 54.6 Å². The maximum Gasteiger partial charge on any atom is 0.253 e. The first-order valence-corrected chi connectivity index (χ1v) is 12.2. The molecule has 32 heavy (non-hydrogen) atoms. The molecular formula is C24H31N5O2S. The van der Waals surface area contributed by atoms with Gasteiger partial charge in [0.1, 0.15) is 10.7 Å². The highest BCUT2D eigenvalue weighted by atomic mass is 32.1. The van der Waals surface area contributed by atoms with Crippen molar-refractivity contribution in [1.82, 2.24) is 24.8 Å². The van der Waals surface area contributed by atoms with Crippen LogP contribution in [0.5, 0.6) is 0 Å². The molecule has 0 spiro atoms. The number of carbonyl (C=O) groups is 1. The molecule has 0 saturated heterocycles. The average molecular weight is 454 g/mol. The summed E-state index contributed by atoms with van der Waals surface area (Å²) in [5, 5.41) is 6.03. The number of rotatable bonds is 9. The SMILES string of the molecule is COCCCn1c(-c2csc(-c3cnccn3)n2)cc(C(=O)NCC2CCCCC2)c1C. The highest BCUT2D eigenvalue weighted by Gasteiger charge is 2.21. The van der Waals surface area contributed by atoms with E-state index in [1.807, 2.05) is 18.4 Å². The number of amides is 1. The van der Waals surface area contributed by atoms with E-state index < -0.39 is 0 Å². The molecule has 1 fully saturated rings. The first-order valence-electron chi connectivity index (χ1n) is 11.4. The fourth-order valence-corrected chi connectivity index (χ4v) is 5.16. The van der Waals surface area contributed by atoms with Gasteiger partial charge in [0.15, 0.2) is 0 Å². The van der Waals surface area contributed by atoms with Crippen LogP contribution in [-0.2, 0) is 11.3 Å². The maximum absolute atomic E-state index is 13.1. The molecule has 0 aromatic carbocycles. The second-order valence-corrected chi connectivity index (χ2v) is 9.23. The largest absolute Gasteiger partial charge is 0.385 e. The Kier molecular flexibility index (Phi) is 7.65. The molecular weight excluding hydrogens is 422 g/mol. The summed E-state index contributed by atoms with van der Waals surface area (Å²) >= 11 is 1.53. The van der Waals surface area contributed by atoms with Crippen molar-refractivity contribution in [3.63, 3.8) is 0 Å². The molecule has 4 rings (SSSR count). The van der Waals surface area contributed by atoms with E-state index in [1.165, 1.54) is 43.4 Å². The number of ether oxygens (including phenoxy) is 1. The van der Waals surface area contributed by atoms with Crippen LogP contribution in [-0.4, -0.2) is 45.7 Å². The fourth-order valence-electron chi connectivity index (χ4n) is 4.38. The van der Waals surface area contributed by atoms with Crippen LogP contribution in [0.4, 0.5) is 0 Å². The van der Waals surface area contributed by atoms with Crippen molar-refractivity contribution >= 4 is 17.2 Å². The predicted molar refractivity (Wildman–Crippen MR) is 127 cm³/mol. The molecule has 1 aliphatic rings. The zero-order valence-electron chi connectivity index (χ0n) is 18.8. The summed E-state index contributed by atoms with van der Waals surface area (Å²) in [6, 6.07) is 1.98. The Morgan fingerprint density at radius 1 is 1.25 bits per heavy atom. The van der Waals surface area contributed by atoms with Crippen molar-refractivity contribution in [1.29, 1.82) is 0 Å². The Morgan fingerprint density at radius 2 is 2.09 bits per heavy atom. The second kappa shape index (κ2) is 10.8. The highest BCUT2D eigenvalue weighted by molar-refractivity contribution is 7.13. The molecule has 0 aliphatic heterocycles. The van der Waals surface area contributed by atoms with Gasteiger partial charge < -0.3 is 14.6 Å². The molecule has 1 amide bonds. The third kappa shape index (κ3) is 5.24. The van der Waals surface area contributed by atoms with Crippen LogP contribution in [0.3, 0.4) is 0 Å². The lowest BCUT2D eigenvalue weighted by Gasteiger charge is -2.21. The quantitative estimate of drug-likeness (QED) is 0.474. The lowest BCUT2D eigenvalue weighted by Crippen LogP contribution is -2.30. The van der Waals surface area contributed by atoms with Gasteiger partial charge in [0.2, 0.25) is 0 Å². The van der Waals surface area contributed by atoms with Gasteiger partial charge in [0.05, 0.1) is 23.1 Å². The number of hydrogen-bond donors (Lipinski definition) is 1. The summed E-state index contributed by atoms with van der Waals surface area (Å²) in [6.45, 7) is 4.21. The lowest BCUT2D eigenvalue weighted by atomic mass is 9.89. The van der Waals surface area contributed by atoms with Crippen LogP contribution in [0, 0.1) is 12.8 Å². The molecule has 7 nitrogen and oxygen atoms in total. The molecule has 0 unspecified atom stereocenters. The predicted octanol–water partition coefficient (Wildman–Crippen LogP) is 4.72. The van der Waals surface area contributed by atoms with Gasteiger partial charge in [-0.2, -0.15) is 0 Å². The molecule has 0 bridgehead atoms. The van der Waals surface area contributed by atoms with Gasteiger partial charge in [-0.15, -0.1) is 11.3 Å². The zero-order chi connectivity index (χ0) is 22.3. The summed E-state index contributed by atoms with van der Waals surface area (Å²) in [6.07, 6.45) is 12.2. The van der Waals surface area contributed by atoms with Crippen molar-refractivity contribution in [3.05, 3.63) is 41.3 Å². The average Bonchev–Trinajstić information content (AvgIpc) is 3.44. The molecule has 3 aromatic rings. The Balaban J connectivity index is 1.58. The first-order chi connectivity index (χ1) is 15.7. The number of nitrogens with zero attached hydrogens (tertiary/aromatic N) is 4. The van der Waals surface area contributed by atoms with Crippen molar-refractivity contribution in [2.75, 3.05) is 20.3 Å². The smallest absolute Gasteiger partial charge is 0.253 e. The normalized spacial score (nSPS) is 14.6. The van der Waals surface area contributed by atoms with E-state index in [4.69, 9.17) is 9.72 Å². The fraction of sp³-hybridized carbons (Fsp3) is 0.500. The summed E-state index contributed by atoms with van der Waals surface area (Å²) < 4.78 is 7.43. The minimum Gasteiger partial charge on any atom is -0.385 e. The van der Waals surface area contributed by atoms with Gasteiger partial charge in [-0.05, 0) is 38.2 Å². The molecule has 1 N–H and O–H groups in total. The Morgan fingerprint density at radius 3 is 2.84 bits per heavy atom. The standard InChI is InChI=1S/C24H31N5O2S/c1-17-19(23(30)27-14-18-7-4-3-5-8-18)13-22(29(17)11-6-12-31-2)21-16-32-24(28-21)20-15-25-9-10-26-20/h9-10,13,15-16,18H,3-8,11-12,14H2,1-2H3,(H,27,30). The maximum atomic E-state index is 13.1. The summed E-state index contributed by atoms with van der Waals surface area (Å²) in [5.41, 5.74) is 4.24. The van der Waals surface area contributed by atoms with E-state index in [2.05, 4.69) is 19.9 Å². The van der Waals surface area contributed by atoms with Crippen LogP contribution in [0.25, 0.3) is 22.1 Å². The monoisotopic (exact) mass is 453 g/mol. The van der Waals surface area contributed by atoms with Crippen molar-refractivity contribution in [2.24, 2.45) is 5.92 Å². The Hall–Kier alpha value is -2.58. The van der Waals surface area contributed by atoms with Crippen LogP contribution in [0.15, 0.2) is 30.0 Å². The summed E-state index contributed by atoms with van der Waals surface area (Å²) in [7, 11) is 1.71. The number of aromatic nitrogens is 4. The molecule has 1 saturated carbocycles. The van der Waals surface area contributed by atoms with Crippen molar-refractivity contribution in [3.8, 4) is 22.1 Å². The lowest BCUT2D eigenvalue weighted by molar-refractivity contribution is 0.0943. The second-order valence-electron chi connectivity index (χ2n) is 8.37. The molecule has 3 heterocycles. The third-order valence-corrected chi connectivity index (χ3v) is 7.03. The van der Waals surface area contributed by atoms with Gasteiger partial charge in [-0.3, -0.25) is 14.8 Å². The summed E-state index contributed by atoms with van der Waals surface area (Å²) in [5.74, 6) is 0.605. The van der Waals surface area contributed by atoms with E-state index in [9.17, 15) is 4.79 Å². The molecule has 170 valence electrons. The minimum absolute atomic E-state index is 0.00388. The van der Waals surface area contributed by atoms with Crippen LogP contribution < -0.4 is 5.32 Å². The molecule has 0 atom stereocenters. The van der Waals surface area contributed by atoms with Gasteiger partial charge in [0.25, 0.3) is 5.91 Å². The number of thiazole rings is 1. The molecule has 0 radical (unpaired) electrons. The van der Waals surface area contributed by atoms with Crippen molar-refractivity contribution in [2.45, 2.75) is 52.0 Å². The van der Waals surface area contributed by atoms with E-state index in [1.54, 1.807) is 25.7 Å². The number of nitrogens with one attached hydrogen (secondary N) is 1. The topological polar surface area (TPSA) is 81.9 Å². The summed E-state index contributed by atoms with van der Waals surface area (Å²) in [4.78, 5) is 26.4. The van der Waals surface area contributed by atoms with E-state index >= 15 is 0 Å². The Labute approximate surface area is 193 Å². The van der Waals surface area contributed by atoms with E-state index in [0.29, 0.717) is 12.5 Å². The number of carbonyl (C=O) groups excluding carboxylic acids is 1. The minimum atomic E-state index is 0.00388.